The van der Waals surface area contributed by atoms with E-state index < -0.39 is 0 Å². The van der Waals surface area contributed by atoms with Crippen molar-refractivity contribution in [3.05, 3.63) is 36.3 Å². The van der Waals surface area contributed by atoms with Crippen molar-refractivity contribution in [3.63, 3.8) is 0 Å². The van der Waals surface area contributed by atoms with Gasteiger partial charge in [-0.3, -0.25) is 0 Å². The molecule has 0 bridgehead atoms. The number of halogens is 1. The molecule has 0 atom stereocenters. The van der Waals surface area contributed by atoms with Crippen LogP contribution in [0.25, 0.3) is 0 Å². The Hall–Kier alpha value is -1.05. The smallest absolute Gasteiger partial charge is 0.121 e. The molecule has 0 unspecified atom stereocenters. The average molecular weight is 127 g/mol. The van der Waals surface area contributed by atoms with E-state index in [2.05, 4.69) is 6.58 Å². The van der Waals surface area contributed by atoms with Crippen molar-refractivity contribution in [2.75, 3.05) is 0 Å². The lowest BCUT2D eigenvalue weighted by Crippen LogP contribution is -1.91. The molecule has 0 rings (SSSR count). The lowest BCUT2D eigenvalue weighted by atomic mass is 10.3. The van der Waals surface area contributed by atoms with E-state index in [-0.39, 0.29) is 5.83 Å². The highest BCUT2D eigenvalue weighted by Gasteiger charge is 1.84. The number of nitrogens with two attached hydrogens (primary N) is 1. The summed E-state index contributed by atoms with van der Waals surface area (Å²) >= 11 is 0. The van der Waals surface area contributed by atoms with Crippen LogP contribution in [0.1, 0.15) is 6.92 Å². The Morgan fingerprint density at radius 2 is 2.22 bits per heavy atom. The molecule has 50 valence electrons. The predicted octanol–water partition coefficient (Wildman–Crippen LogP) is 1.89. The molecule has 0 fully saturated rings. The first-order chi connectivity index (χ1) is 4.20. The first-order valence-electron chi connectivity index (χ1n) is 2.62. The molecule has 0 saturated carbocycles. The summed E-state index contributed by atoms with van der Waals surface area (Å²) in [5, 5.41) is 0. The third-order valence-electron chi connectivity index (χ3n) is 0.816. The molecule has 0 aliphatic rings. The van der Waals surface area contributed by atoms with Crippen LogP contribution in [0, 0.1) is 0 Å². The van der Waals surface area contributed by atoms with Gasteiger partial charge in [0.1, 0.15) is 5.83 Å². The maximum atomic E-state index is 12.2. The van der Waals surface area contributed by atoms with E-state index in [0.717, 1.165) is 0 Å². The number of allylic oxidation sites excluding steroid dienone is 4. The number of hydrogen-bond acceptors (Lipinski definition) is 1. The second-order valence-electron chi connectivity index (χ2n) is 1.52. The molecule has 0 aliphatic heterocycles. The standard InChI is InChI=1S/C7H10FN/c1-3-6(8)5-7(9)4-2/h3-5H,2,9H2,1H3/b6-3+,7-5+. The molecular formula is C7H10FN. The molecular weight excluding hydrogens is 117 g/mol. The molecule has 9 heavy (non-hydrogen) atoms. The second-order valence-corrected chi connectivity index (χ2v) is 1.52. The van der Waals surface area contributed by atoms with E-state index in [1.807, 2.05) is 0 Å². The normalized spacial score (nSPS) is 13.6. The van der Waals surface area contributed by atoms with Gasteiger partial charge in [-0.25, -0.2) is 4.39 Å². The van der Waals surface area contributed by atoms with Crippen LogP contribution < -0.4 is 5.73 Å². The van der Waals surface area contributed by atoms with Gasteiger partial charge < -0.3 is 5.73 Å². The minimum Gasteiger partial charge on any atom is -0.399 e. The summed E-state index contributed by atoms with van der Waals surface area (Å²) in [4.78, 5) is 0. The highest BCUT2D eigenvalue weighted by molar-refractivity contribution is 5.22. The Bertz CT molecular complexity index is 156. The zero-order chi connectivity index (χ0) is 7.28. The molecule has 0 amide bonds. The number of hydrogen-bond donors (Lipinski definition) is 1. The SMILES string of the molecule is C=C/C(N)=C\C(F)=C/C. The predicted molar refractivity (Wildman–Crippen MR) is 37.3 cm³/mol. The lowest BCUT2D eigenvalue weighted by molar-refractivity contribution is 0.663. The highest BCUT2D eigenvalue weighted by atomic mass is 19.1. The van der Waals surface area contributed by atoms with Crippen LogP contribution in [0.4, 0.5) is 4.39 Å². The van der Waals surface area contributed by atoms with E-state index in [0.29, 0.717) is 5.70 Å². The van der Waals surface area contributed by atoms with Gasteiger partial charge >= 0.3 is 0 Å². The van der Waals surface area contributed by atoms with Crippen LogP contribution in [-0.2, 0) is 0 Å². The first-order valence-corrected chi connectivity index (χ1v) is 2.62. The van der Waals surface area contributed by atoms with Gasteiger partial charge in [0.15, 0.2) is 0 Å². The van der Waals surface area contributed by atoms with Crippen molar-refractivity contribution in [1.82, 2.24) is 0 Å². The Morgan fingerprint density at radius 3 is 2.56 bits per heavy atom. The van der Waals surface area contributed by atoms with Crippen molar-refractivity contribution >= 4 is 0 Å². The largest absolute Gasteiger partial charge is 0.399 e. The van der Waals surface area contributed by atoms with E-state index in [4.69, 9.17) is 5.73 Å². The molecule has 0 aromatic carbocycles. The third-order valence-corrected chi connectivity index (χ3v) is 0.816. The molecule has 0 heterocycles. The van der Waals surface area contributed by atoms with Gasteiger partial charge in [0.05, 0.1) is 0 Å². The monoisotopic (exact) mass is 127 g/mol. The molecule has 0 saturated heterocycles. The fraction of sp³-hybridized carbons (Fsp3) is 0.143. The number of rotatable bonds is 2. The maximum Gasteiger partial charge on any atom is 0.121 e. The quantitative estimate of drug-likeness (QED) is 0.563. The van der Waals surface area contributed by atoms with Gasteiger partial charge in [0.2, 0.25) is 0 Å². The molecule has 2 heteroatoms. The summed E-state index contributed by atoms with van der Waals surface area (Å²) < 4.78 is 12.2. The van der Waals surface area contributed by atoms with Crippen molar-refractivity contribution in [1.29, 1.82) is 0 Å². The highest BCUT2D eigenvalue weighted by Crippen LogP contribution is 1.99. The van der Waals surface area contributed by atoms with Crippen LogP contribution in [0.15, 0.2) is 36.3 Å². The van der Waals surface area contributed by atoms with Crippen molar-refractivity contribution < 1.29 is 4.39 Å². The fourth-order valence-corrected chi connectivity index (χ4v) is 0.301. The van der Waals surface area contributed by atoms with Crippen LogP contribution in [0.3, 0.4) is 0 Å². The molecule has 2 N–H and O–H groups in total. The van der Waals surface area contributed by atoms with Gasteiger partial charge in [0, 0.05) is 5.70 Å². The van der Waals surface area contributed by atoms with Crippen molar-refractivity contribution in [2.24, 2.45) is 5.73 Å². The first kappa shape index (κ1) is 7.95. The second kappa shape index (κ2) is 3.89. The van der Waals surface area contributed by atoms with Crippen LogP contribution in [0.5, 0.6) is 0 Å². The zero-order valence-electron chi connectivity index (χ0n) is 5.39. The fourth-order valence-electron chi connectivity index (χ4n) is 0.301. The van der Waals surface area contributed by atoms with E-state index in [9.17, 15) is 4.39 Å². The van der Waals surface area contributed by atoms with Gasteiger partial charge in [-0.1, -0.05) is 12.7 Å². The molecule has 0 spiro atoms. The Morgan fingerprint density at radius 1 is 1.67 bits per heavy atom. The molecule has 0 aromatic heterocycles. The van der Waals surface area contributed by atoms with Gasteiger partial charge in [-0.05, 0) is 19.1 Å². The van der Waals surface area contributed by atoms with Crippen LogP contribution in [0.2, 0.25) is 0 Å². The van der Waals surface area contributed by atoms with Crippen molar-refractivity contribution in [2.45, 2.75) is 6.92 Å². The van der Waals surface area contributed by atoms with Crippen molar-refractivity contribution in [3.8, 4) is 0 Å². The zero-order valence-corrected chi connectivity index (χ0v) is 5.39. The topological polar surface area (TPSA) is 26.0 Å². The Labute approximate surface area is 54.4 Å². The minimum atomic E-state index is -0.340. The Balaban J connectivity index is 4.11. The van der Waals surface area contributed by atoms with E-state index in [1.54, 1.807) is 6.92 Å². The maximum absolute atomic E-state index is 12.2. The molecule has 0 radical (unpaired) electrons. The van der Waals surface area contributed by atoms with E-state index in [1.165, 1.54) is 18.2 Å². The van der Waals surface area contributed by atoms with Crippen LogP contribution in [-0.4, -0.2) is 0 Å². The molecule has 1 nitrogen and oxygen atoms in total. The summed E-state index contributed by atoms with van der Waals surface area (Å²) in [5.41, 5.74) is 5.55. The summed E-state index contributed by atoms with van der Waals surface area (Å²) in [6.07, 6.45) is 3.94. The lowest BCUT2D eigenvalue weighted by Gasteiger charge is -1.87. The summed E-state index contributed by atoms with van der Waals surface area (Å²) in [6.45, 7) is 4.96. The summed E-state index contributed by atoms with van der Waals surface area (Å²) in [6, 6.07) is 0. The van der Waals surface area contributed by atoms with Crippen LogP contribution >= 0.6 is 0 Å². The van der Waals surface area contributed by atoms with Gasteiger partial charge in [-0.2, -0.15) is 0 Å². The van der Waals surface area contributed by atoms with Gasteiger partial charge in [0.25, 0.3) is 0 Å². The molecule has 0 aromatic rings. The Kier molecular flexibility index (Phi) is 3.44. The third kappa shape index (κ3) is 3.53. The average Bonchev–Trinajstić information content (AvgIpc) is 1.87. The summed E-state index contributed by atoms with van der Waals surface area (Å²) in [5.74, 6) is -0.340. The molecule has 0 aliphatic carbocycles. The van der Waals surface area contributed by atoms with E-state index >= 15 is 0 Å². The minimum absolute atomic E-state index is 0.339. The summed E-state index contributed by atoms with van der Waals surface area (Å²) in [7, 11) is 0. The van der Waals surface area contributed by atoms with Gasteiger partial charge in [-0.15, -0.1) is 0 Å².